The van der Waals surface area contributed by atoms with Crippen molar-refractivity contribution >= 4 is 11.4 Å². The van der Waals surface area contributed by atoms with Crippen LogP contribution in [-0.4, -0.2) is 26.2 Å². The lowest BCUT2D eigenvalue weighted by Crippen LogP contribution is -2.19. The van der Waals surface area contributed by atoms with Crippen molar-refractivity contribution in [2.45, 2.75) is 32.6 Å². The molecule has 0 atom stereocenters. The quantitative estimate of drug-likeness (QED) is 0.599. The molecule has 1 heterocycles. The number of hydrogen-bond donors (Lipinski definition) is 2. The molecular weight excluding hydrogens is 222 g/mol. The van der Waals surface area contributed by atoms with Crippen LogP contribution in [0.25, 0.3) is 0 Å². The molecule has 0 amide bonds. The van der Waals surface area contributed by atoms with Crippen LogP contribution in [0.5, 0.6) is 0 Å². The lowest BCUT2D eigenvalue weighted by atomic mass is 10.1. The molecular formula is C15H25N3. The van der Waals surface area contributed by atoms with Crippen LogP contribution in [0.2, 0.25) is 0 Å². The van der Waals surface area contributed by atoms with Crippen LogP contribution in [0.15, 0.2) is 18.2 Å². The minimum atomic E-state index is 0.942. The molecule has 3 heteroatoms. The molecule has 1 aromatic rings. The van der Waals surface area contributed by atoms with Crippen molar-refractivity contribution in [2.24, 2.45) is 0 Å². The Labute approximate surface area is 110 Å². The van der Waals surface area contributed by atoms with E-state index in [0.29, 0.717) is 0 Å². The third-order valence-electron chi connectivity index (χ3n) is 3.61. The van der Waals surface area contributed by atoms with Crippen molar-refractivity contribution in [3.05, 3.63) is 23.8 Å². The first-order chi connectivity index (χ1) is 8.81. The Morgan fingerprint density at radius 1 is 1.28 bits per heavy atom. The Balaban J connectivity index is 1.92. The zero-order valence-electron chi connectivity index (χ0n) is 11.4. The van der Waals surface area contributed by atoms with Crippen LogP contribution >= 0.6 is 0 Å². The minimum absolute atomic E-state index is 0.942. The Morgan fingerprint density at radius 2 is 2.06 bits per heavy atom. The van der Waals surface area contributed by atoms with E-state index in [-0.39, 0.29) is 0 Å². The average molecular weight is 247 g/mol. The summed E-state index contributed by atoms with van der Waals surface area (Å²) < 4.78 is 0. The Hall–Kier alpha value is -1.22. The highest BCUT2D eigenvalue weighted by Crippen LogP contribution is 2.27. The first-order valence-electron chi connectivity index (χ1n) is 7.15. The normalized spacial score (nSPS) is 15.3. The van der Waals surface area contributed by atoms with Gasteiger partial charge in [-0.2, -0.15) is 0 Å². The minimum Gasteiger partial charge on any atom is -0.397 e. The van der Waals surface area contributed by atoms with Gasteiger partial charge >= 0.3 is 0 Å². The molecule has 0 spiro atoms. The summed E-state index contributed by atoms with van der Waals surface area (Å²) in [4.78, 5) is 2.40. The zero-order chi connectivity index (χ0) is 12.8. The van der Waals surface area contributed by atoms with E-state index in [2.05, 4.69) is 35.3 Å². The monoisotopic (exact) mass is 247 g/mol. The largest absolute Gasteiger partial charge is 0.397 e. The third kappa shape index (κ3) is 3.39. The SMILES string of the molecule is CCNCCCc1ccc(N2CCCC2)c(N)c1. The van der Waals surface area contributed by atoms with Gasteiger partial charge in [0.2, 0.25) is 0 Å². The number of aryl methyl sites for hydroxylation is 1. The van der Waals surface area contributed by atoms with Crippen molar-refractivity contribution in [2.75, 3.05) is 36.8 Å². The number of nitrogens with one attached hydrogen (secondary N) is 1. The van der Waals surface area contributed by atoms with Gasteiger partial charge in [-0.15, -0.1) is 0 Å². The number of benzene rings is 1. The molecule has 0 aromatic heterocycles. The molecule has 0 unspecified atom stereocenters. The van der Waals surface area contributed by atoms with Crippen LogP contribution in [0.4, 0.5) is 11.4 Å². The van der Waals surface area contributed by atoms with Crippen molar-refractivity contribution in [3.8, 4) is 0 Å². The number of hydrogen-bond acceptors (Lipinski definition) is 3. The van der Waals surface area contributed by atoms with Crippen molar-refractivity contribution < 1.29 is 0 Å². The molecule has 0 aliphatic carbocycles. The van der Waals surface area contributed by atoms with E-state index < -0.39 is 0 Å². The second kappa shape index (κ2) is 6.64. The Kier molecular flexibility index (Phi) is 4.88. The van der Waals surface area contributed by atoms with Gasteiger partial charge in [-0.05, 0) is 56.5 Å². The number of nitrogen functional groups attached to an aromatic ring is 1. The van der Waals surface area contributed by atoms with Crippen LogP contribution in [0.1, 0.15) is 31.7 Å². The third-order valence-corrected chi connectivity index (χ3v) is 3.61. The first kappa shape index (κ1) is 13.2. The van der Waals surface area contributed by atoms with Crippen LogP contribution in [0, 0.1) is 0 Å². The van der Waals surface area contributed by atoms with Gasteiger partial charge in [0.15, 0.2) is 0 Å². The fraction of sp³-hybridized carbons (Fsp3) is 0.600. The van der Waals surface area contributed by atoms with E-state index in [0.717, 1.165) is 38.3 Å². The van der Waals surface area contributed by atoms with Gasteiger partial charge in [-0.3, -0.25) is 0 Å². The molecule has 0 saturated carbocycles. The van der Waals surface area contributed by atoms with Gasteiger partial charge in [0.1, 0.15) is 0 Å². The maximum atomic E-state index is 6.17. The molecule has 1 fully saturated rings. The highest BCUT2D eigenvalue weighted by atomic mass is 15.1. The molecule has 1 aliphatic heterocycles. The molecule has 0 bridgehead atoms. The highest BCUT2D eigenvalue weighted by Gasteiger charge is 2.14. The van der Waals surface area contributed by atoms with Gasteiger partial charge in [-0.1, -0.05) is 13.0 Å². The van der Waals surface area contributed by atoms with Gasteiger partial charge in [0, 0.05) is 13.1 Å². The van der Waals surface area contributed by atoms with Crippen LogP contribution in [-0.2, 0) is 6.42 Å². The summed E-state index contributed by atoms with van der Waals surface area (Å²) in [5, 5.41) is 3.35. The summed E-state index contributed by atoms with van der Waals surface area (Å²) in [5.41, 5.74) is 9.70. The van der Waals surface area contributed by atoms with Crippen LogP contribution < -0.4 is 16.0 Å². The first-order valence-corrected chi connectivity index (χ1v) is 7.15. The molecule has 2 rings (SSSR count). The standard InChI is InChI=1S/C15H25N3/c1-2-17-9-5-6-13-7-8-15(14(16)12-13)18-10-3-4-11-18/h7-8,12,17H,2-6,9-11,16H2,1H3. The van der Waals surface area contributed by atoms with Gasteiger partial charge < -0.3 is 16.0 Å². The smallest absolute Gasteiger partial charge is 0.0600 e. The molecule has 1 aromatic carbocycles. The van der Waals surface area contributed by atoms with Crippen molar-refractivity contribution in [3.63, 3.8) is 0 Å². The number of nitrogens with zero attached hydrogens (tertiary/aromatic N) is 1. The van der Waals surface area contributed by atoms with E-state index in [9.17, 15) is 0 Å². The lowest BCUT2D eigenvalue weighted by molar-refractivity contribution is 0.673. The topological polar surface area (TPSA) is 41.3 Å². The van der Waals surface area contributed by atoms with Gasteiger partial charge in [0.05, 0.1) is 11.4 Å². The fourth-order valence-corrected chi connectivity index (χ4v) is 2.60. The summed E-state index contributed by atoms with van der Waals surface area (Å²) >= 11 is 0. The Morgan fingerprint density at radius 3 is 2.72 bits per heavy atom. The molecule has 18 heavy (non-hydrogen) atoms. The summed E-state index contributed by atoms with van der Waals surface area (Å²) in [6, 6.07) is 6.58. The molecule has 0 radical (unpaired) electrons. The second-order valence-corrected chi connectivity index (χ2v) is 5.04. The predicted molar refractivity (Wildman–Crippen MR) is 79.2 cm³/mol. The molecule has 1 aliphatic rings. The number of rotatable bonds is 6. The molecule has 3 N–H and O–H groups in total. The summed E-state index contributed by atoms with van der Waals surface area (Å²) in [6.45, 7) is 6.59. The molecule has 1 saturated heterocycles. The molecule has 3 nitrogen and oxygen atoms in total. The average Bonchev–Trinajstić information content (AvgIpc) is 2.88. The second-order valence-electron chi connectivity index (χ2n) is 5.04. The highest BCUT2D eigenvalue weighted by molar-refractivity contribution is 5.68. The maximum absolute atomic E-state index is 6.17. The van der Waals surface area contributed by atoms with Crippen molar-refractivity contribution in [1.82, 2.24) is 5.32 Å². The summed E-state index contributed by atoms with van der Waals surface area (Å²) in [6.07, 6.45) is 4.88. The lowest BCUT2D eigenvalue weighted by Gasteiger charge is -2.20. The van der Waals surface area contributed by atoms with E-state index in [1.54, 1.807) is 0 Å². The van der Waals surface area contributed by atoms with E-state index in [1.807, 2.05) is 0 Å². The summed E-state index contributed by atoms with van der Waals surface area (Å²) in [5.74, 6) is 0. The van der Waals surface area contributed by atoms with Gasteiger partial charge in [0.25, 0.3) is 0 Å². The van der Waals surface area contributed by atoms with E-state index in [1.165, 1.54) is 30.5 Å². The van der Waals surface area contributed by atoms with Crippen LogP contribution in [0.3, 0.4) is 0 Å². The Bertz CT molecular complexity index is 370. The number of nitrogens with two attached hydrogens (primary N) is 1. The number of anilines is 2. The maximum Gasteiger partial charge on any atom is 0.0600 e. The molecule has 100 valence electrons. The van der Waals surface area contributed by atoms with E-state index in [4.69, 9.17) is 5.73 Å². The van der Waals surface area contributed by atoms with E-state index >= 15 is 0 Å². The van der Waals surface area contributed by atoms with Crippen molar-refractivity contribution in [1.29, 1.82) is 0 Å². The predicted octanol–water partition coefficient (Wildman–Crippen LogP) is 2.41. The zero-order valence-corrected chi connectivity index (χ0v) is 11.4. The summed E-state index contributed by atoms with van der Waals surface area (Å²) in [7, 11) is 0. The van der Waals surface area contributed by atoms with Gasteiger partial charge in [-0.25, -0.2) is 0 Å². The fourth-order valence-electron chi connectivity index (χ4n) is 2.60.